The summed E-state index contributed by atoms with van der Waals surface area (Å²) >= 11 is 0. The zero-order valence-corrected chi connectivity index (χ0v) is 22.5. The van der Waals surface area contributed by atoms with E-state index in [0.717, 1.165) is 25.7 Å². The molecule has 0 saturated carbocycles. The van der Waals surface area contributed by atoms with E-state index < -0.39 is 0 Å². The normalized spacial score (nSPS) is 13.9. The molecule has 0 spiro atoms. The Hall–Kier alpha value is -4.68. The number of fused-ring (bicyclic) bond motifs is 4. The van der Waals surface area contributed by atoms with Gasteiger partial charge in [-0.25, -0.2) is 0 Å². The molecule has 0 nitrogen and oxygen atoms in total. The minimum atomic E-state index is 1.08. The van der Waals surface area contributed by atoms with Gasteiger partial charge in [-0.05, 0) is 102 Å². The van der Waals surface area contributed by atoms with Gasteiger partial charge in [0.2, 0.25) is 0 Å². The van der Waals surface area contributed by atoms with Gasteiger partial charge in [0.05, 0.1) is 0 Å². The summed E-state index contributed by atoms with van der Waals surface area (Å²) in [5.41, 5.74) is 10.7. The minimum absolute atomic E-state index is 1.08. The molecule has 0 radical (unpaired) electrons. The van der Waals surface area contributed by atoms with E-state index in [1.54, 1.807) is 0 Å². The van der Waals surface area contributed by atoms with Gasteiger partial charge >= 0.3 is 0 Å². The van der Waals surface area contributed by atoms with Gasteiger partial charge in [0.25, 0.3) is 0 Å². The molecule has 0 saturated heterocycles. The van der Waals surface area contributed by atoms with Crippen molar-refractivity contribution in [3.05, 3.63) is 137 Å². The smallest absolute Gasteiger partial charge is 0.00296 e. The zero-order chi connectivity index (χ0) is 26.5. The second-order valence-electron chi connectivity index (χ2n) is 11.1. The second-order valence-corrected chi connectivity index (χ2v) is 11.1. The van der Waals surface area contributed by atoms with Crippen LogP contribution in [0.4, 0.5) is 0 Å². The molecule has 0 heterocycles. The molecule has 0 atom stereocenters. The summed E-state index contributed by atoms with van der Waals surface area (Å²) in [4.78, 5) is 0. The van der Waals surface area contributed by atoms with E-state index in [1.807, 2.05) is 0 Å². The molecule has 0 bridgehead atoms. The van der Waals surface area contributed by atoms with Crippen LogP contribution in [0.25, 0.3) is 73.2 Å². The van der Waals surface area contributed by atoms with Crippen molar-refractivity contribution in [3.63, 3.8) is 0 Å². The van der Waals surface area contributed by atoms with Crippen LogP contribution in [0.5, 0.6) is 0 Å². The van der Waals surface area contributed by atoms with Crippen molar-refractivity contribution in [2.24, 2.45) is 0 Å². The minimum Gasteiger partial charge on any atom is -0.0836 e. The maximum atomic E-state index is 2.48. The molecule has 0 aromatic heterocycles. The molecule has 6 aromatic carbocycles. The number of rotatable bonds is 3. The van der Waals surface area contributed by atoms with Crippen LogP contribution in [0.3, 0.4) is 0 Å². The zero-order valence-electron chi connectivity index (χ0n) is 22.5. The van der Waals surface area contributed by atoms with Crippen molar-refractivity contribution in [1.29, 1.82) is 0 Å². The molecule has 8 rings (SSSR count). The number of hydrogen-bond acceptors (Lipinski definition) is 0. The first-order valence-corrected chi connectivity index (χ1v) is 14.5. The lowest BCUT2D eigenvalue weighted by Gasteiger charge is -2.19. The van der Waals surface area contributed by atoms with Gasteiger partial charge in [-0.1, -0.05) is 133 Å². The predicted molar refractivity (Wildman–Crippen MR) is 173 cm³/mol. The summed E-state index contributed by atoms with van der Waals surface area (Å²) in [6.45, 7) is 0. The highest BCUT2D eigenvalue weighted by molar-refractivity contribution is 6.06. The van der Waals surface area contributed by atoms with Gasteiger partial charge in [0.1, 0.15) is 0 Å². The van der Waals surface area contributed by atoms with Gasteiger partial charge < -0.3 is 0 Å². The third-order valence-corrected chi connectivity index (χ3v) is 8.74. The van der Waals surface area contributed by atoms with Gasteiger partial charge in [-0.3, -0.25) is 0 Å². The quantitative estimate of drug-likeness (QED) is 0.222. The standard InChI is InChI=1S/C40H30/c1-2-12-31-26-32(25-20-27(31)10-1)40-37-17-7-5-15-35(37)39(36-16-6-8-18-38(36)40)30-23-21-29(22-24-30)34-19-9-13-28-11-3-4-14-33(28)34/h1,3-5,7,9-11,13-26H,2,6,8,12H2. The molecule has 2 aliphatic carbocycles. The summed E-state index contributed by atoms with van der Waals surface area (Å²) in [6, 6.07) is 40.6. The summed E-state index contributed by atoms with van der Waals surface area (Å²) in [6.07, 6.45) is 13.9. The van der Waals surface area contributed by atoms with Crippen molar-refractivity contribution in [1.82, 2.24) is 0 Å². The average Bonchev–Trinajstić information content (AvgIpc) is 3.03. The van der Waals surface area contributed by atoms with Crippen molar-refractivity contribution in [2.45, 2.75) is 25.7 Å². The van der Waals surface area contributed by atoms with Gasteiger partial charge in [-0.15, -0.1) is 0 Å². The molecule has 6 aromatic rings. The maximum absolute atomic E-state index is 2.48. The third kappa shape index (κ3) is 3.75. The van der Waals surface area contributed by atoms with Crippen LogP contribution in [0.2, 0.25) is 0 Å². The summed E-state index contributed by atoms with van der Waals surface area (Å²) < 4.78 is 0. The fourth-order valence-corrected chi connectivity index (χ4v) is 6.86. The SMILES string of the molecule is C1=Cc2ccc(-c3c4c(c(-c5ccc(-c6cccc7ccccc67)cc5)c5ccccc35)=CCCC=4)cc2CC1. The van der Waals surface area contributed by atoms with Crippen LogP contribution < -0.4 is 10.4 Å². The van der Waals surface area contributed by atoms with E-state index in [-0.39, 0.29) is 0 Å². The fraction of sp³-hybridized carbons (Fsp3) is 0.100. The summed E-state index contributed by atoms with van der Waals surface area (Å²) in [5, 5.41) is 8.03. The monoisotopic (exact) mass is 510 g/mol. The van der Waals surface area contributed by atoms with Crippen LogP contribution in [0.15, 0.2) is 115 Å². The Morgan fingerprint density at radius 1 is 0.475 bits per heavy atom. The first kappa shape index (κ1) is 23.2. The van der Waals surface area contributed by atoms with Crippen LogP contribution in [-0.2, 0) is 6.42 Å². The molecule has 2 aliphatic rings. The number of aryl methyl sites for hydroxylation is 1. The van der Waals surface area contributed by atoms with E-state index in [0.29, 0.717) is 0 Å². The lowest BCUT2D eigenvalue weighted by molar-refractivity contribution is 0.986. The largest absolute Gasteiger partial charge is 0.0836 e. The molecular weight excluding hydrogens is 480 g/mol. The highest BCUT2D eigenvalue weighted by Gasteiger charge is 2.17. The lowest BCUT2D eigenvalue weighted by atomic mass is 9.84. The molecule has 190 valence electrons. The summed E-state index contributed by atoms with van der Waals surface area (Å²) in [5.74, 6) is 0. The maximum Gasteiger partial charge on any atom is -0.00296 e. The predicted octanol–water partition coefficient (Wildman–Crippen LogP) is 9.31. The van der Waals surface area contributed by atoms with Gasteiger partial charge in [0, 0.05) is 0 Å². The van der Waals surface area contributed by atoms with Crippen molar-refractivity contribution in [2.75, 3.05) is 0 Å². The Balaban J connectivity index is 1.34. The second kappa shape index (κ2) is 9.50. The van der Waals surface area contributed by atoms with Crippen molar-refractivity contribution < 1.29 is 0 Å². The van der Waals surface area contributed by atoms with Crippen molar-refractivity contribution >= 4 is 39.8 Å². The van der Waals surface area contributed by atoms with Crippen LogP contribution >= 0.6 is 0 Å². The number of benzene rings is 6. The van der Waals surface area contributed by atoms with Gasteiger partial charge in [0.15, 0.2) is 0 Å². The highest BCUT2D eigenvalue weighted by atomic mass is 14.2. The van der Waals surface area contributed by atoms with E-state index in [9.17, 15) is 0 Å². The first-order chi connectivity index (χ1) is 19.8. The molecule has 0 unspecified atom stereocenters. The third-order valence-electron chi connectivity index (χ3n) is 8.74. The van der Waals surface area contributed by atoms with E-state index >= 15 is 0 Å². The number of allylic oxidation sites excluding steroid dienone is 1. The van der Waals surface area contributed by atoms with Crippen LogP contribution in [-0.4, -0.2) is 0 Å². The van der Waals surface area contributed by atoms with E-state index in [4.69, 9.17) is 0 Å². The molecule has 0 heteroatoms. The summed E-state index contributed by atoms with van der Waals surface area (Å²) in [7, 11) is 0. The van der Waals surface area contributed by atoms with Crippen LogP contribution in [0.1, 0.15) is 30.4 Å². The topological polar surface area (TPSA) is 0 Å². The van der Waals surface area contributed by atoms with Gasteiger partial charge in [-0.2, -0.15) is 0 Å². The van der Waals surface area contributed by atoms with E-state index in [1.165, 1.54) is 76.5 Å². The molecule has 40 heavy (non-hydrogen) atoms. The Labute approximate surface area is 235 Å². The van der Waals surface area contributed by atoms with Crippen molar-refractivity contribution in [3.8, 4) is 33.4 Å². The first-order valence-electron chi connectivity index (χ1n) is 14.5. The number of hydrogen-bond donors (Lipinski definition) is 0. The molecular formula is C40H30. The van der Waals surface area contributed by atoms with E-state index in [2.05, 4.69) is 133 Å². The lowest BCUT2D eigenvalue weighted by Crippen LogP contribution is -2.31. The Kier molecular flexibility index (Phi) is 5.52. The molecule has 0 N–H and O–H groups in total. The molecule has 0 fully saturated rings. The molecule has 0 amide bonds. The fourth-order valence-electron chi connectivity index (χ4n) is 6.86. The molecule has 0 aliphatic heterocycles. The Bertz CT molecular complexity index is 2080. The highest BCUT2D eigenvalue weighted by Crippen LogP contribution is 2.35. The van der Waals surface area contributed by atoms with Crippen LogP contribution in [0, 0.1) is 0 Å². The Morgan fingerprint density at radius 2 is 1.10 bits per heavy atom. The Morgan fingerprint density at radius 3 is 1.88 bits per heavy atom. The average molecular weight is 511 g/mol.